The molecule has 0 bridgehead atoms. The molecule has 0 radical (unpaired) electrons. The number of hydrogen-bond acceptors (Lipinski definition) is 3. The standard InChI is InChI=1S/C11H15F2NO2/c1-11(6-15,7-16)5-14-9-4-2-3-8(12)10(9)13/h2-4,14-16H,5-7H2,1H3. The van der Waals surface area contributed by atoms with E-state index >= 15 is 0 Å². The number of nitrogens with one attached hydrogen (secondary N) is 1. The number of halogens is 2. The van der Waals surface area contributed by atoms with Crippen LogP contribution in [0.4, 0.5) is 14.5 Å². The normalized spacial score (nSPS) is 11.6. The van der Waals surface area contributed by atoms with Crippen molar-refractivity contribution >= 4 is 5.69 Å². The summed E-state index contributed by atoms with van der Waals surface area (Å²) in [5.74, 6) is -1.89. The van der Waals surface area contributed by atoms with Gasteiger partial charge in [0.2, 0.25) is 0 Å². The first-order chi connectivity index (χ1) is 7.52. The summed E-state index contributed by atoms with van der Waals surface area (Å²) < 4.78 is 26.1. The van der Waals surface area contributed by atoms with Crippen LogP contribution in [0.2, 0.25) is 0 Å². The lowest BCUT2D eigenvalue weighted by Gasteiger charge is -2.25. The van der Waals surface area contributed by atoms with Crippen molar-refractivity contribution in [2.75, 3.05) is 25.1 Å². The molecular weight excluding hydrogens is 216 g/mol. The highest BCUT2D eigenvalue weighted by Gasteiger charge is 2.22. The predicted octanol–water partition coefficient (Wildman–Crippen LogP) is 1.37. The fourth-order valence-corrected chi connectivity index (χ4v) is 1.11. The summed E-state index contributed by atoms with van der Waals surface area (Å²) in [6.07, 6.45) is 0. The minimum absolute atomic E-state index is 0.0214. The summed E-state index contributed by atoms with van der Waals surface area (Å²) in [6, 6.07) is 3.81. The molecule has 3 N–H and O–H groups in total. The van der Waals surface area contributed by atoms with Gasteiger partial charge in [-0.25, -0.2) is 8.78 Å². The number of benzene rings is 1. The Morgan fingerprint density at radius 1 is 1.25 bits per heavy atom. The molecule has 0 aliphatic carbocycles. The third-order valence-corrected chi connectivity index (χ3v) is 2.42. The van der Waals surface area contributed by atoms with Crippen molar-refractivity contribution in [1.29, 1.82) is 0 Å². The summed E-state index contributed by atoms with van der Waals surface area (Å²) >= 11 is 0. The Hall–Kier alpha value is -1.20. The number of anilines is 1. The smallest absolute Gasteiger partial charge is 0.181 e. The third-order valence-electron chi connectivity index (χ3n) is 2.42. The minimum atomic E-state index is -0.958. The molecule has 0 spiro atoms. The van der Waals surface area contributed by atoms with Crippen molar-refractivity contribution in [1.82, 2.24) is 0 Å². The van der Waals surface area contributed by atoms with Gasteiger partial charge in [-0.1, -0.05) is 13.0 Å². The lowest BCUT2D eigenvalue weighted by atomic mass is 9.93. The molecule has 5 heteroatoms. The molecule has 90 valence electrons. The highest BCUT2D eigenvalue weighted by atomic mass is 19.2. The summed E-state index contributed by atoms with van der Waals surface area (Å²) in [4.78, 5) is 0. The van der Waals surface area contributed by atoms with E-state index in [9.17, 15) is 8.78 Å². The van der Waals surface area contributed by atoms with E-state index in [4.69, 9.17) is 10.2 Å². The van der Waals surface area contributed by atoms with Crippen molar-refractivity contribution in [2.45, 2.75) is 6.92 Å². The molecule has 0 aliphatic rings. The van der Waals surface area contributed by atoms with Crippen LogP contribution in [0.5, 0.6) is 0 Å². The molecule has 0 aromatic heterocycles. The third kappa shape index (κ3) is 2.90. The Labute approximate surface area is 92.7 Å². The highest BCUT2D eigenvalue weighted by Crippen LogP contribution is 2.20. The number of hydrogen-bond donors (Lipinski definition) is 3. The fourth-order valence-electron chi connectivity index (χ4n) is 1.11. The molecule has 1 aromatic carbocycles. The molecule has 1 aromatic rings. The zero-order chi connectivity index (χ0) is 12.2. The van der Waals surface area contributed by atoms with E-state index < -0.39 is 17.0 Å². The van der Waals surface area contributed by atoms with E-state index in [-0.39, 0.29) is 25.4 Å². The van der Waals surface area contributed by atoms with E-state index in [1.54, 1.807) is 6.92 Å². The molecule has 0 aliphatic heterocycles. The summed E-state index contributed by atoms with van der Waals surface area (Å²) in [5.41, 5.74) is -0.744. The second-order valence-corrected chi connectivity index (χ2v) is 4.08. The molecule has 0 saturated carbocycles. The van der Waals surface area contributed by atoms with Gasteiger partial charge >= 0.3 is 0 Å². The zero-order valence-corrected chi connectivity index (χ0v) is 9.00. The zero-order valence-electron chi connectivity index (χ0n) is 9.00. The molecule has 0 saturated heterocycles. The Morgan fingerprint density at radius 3 is 2.44 bits per heavy atom. The topological polar surface area (TPSA) is 52.5 Å². The Bertz CT molecular complexity index is 354. The van der Waals surface area contributed by atoms with Crippen molar-refractivity contribution in [2.24, 2.45) is 5.41 Å². The van der Waals surface area contributed by atoms with Crippen molar-refractivity contribution in [3.05, 3.63) is 29.8 Å². The lowest BCUT2D eigenvalue weighted by Crippen LogP contribution is -2.34. The molecule has 3 nitrogen and oxygen atoms in total. The van der Waals surface area contributed by atoms with E-state index in [1.807, 2.05) is 0 Å². The molecule has 0 amide bonds. The maximum Gasteiger partial charge on any atom is 0.181 e. The average molecular weight is 231 g/mol. The van der Waals surface area contributed by atoms with Crippen molar-refractivity contribution in [3.8, 4) is 0 Å². The van der Waals surface area contributed by atoms with E-state index in [2.05, 4.69) is 5.32 Å². The molecule has 0 heterocycles. The summed E-state index contributed by atoms with van der Waals surface area (Å²) in [7, 11) is 0. The summed E-state index contributed by atoms with van der Waals surface area (Å²) in [6.45, 7) is 1.30. The largest absolute Gasteiger partial charge is 0.396 e. The maximum absolute atomic E-state index is 13.2. The van der Waals surface area contributed by atoms with E-state index in [0.717, 1.165) is 6.07 Å². The average Bonchev–Trinajstić information content (AvgIpc) is 2.31. The molecule has 0 unspecified atom stereocenters. The maximum atomic E-state index is 13.2. The van der Waals surface area contributed by atoms with E-state index in [1.165, 1.54) is 12.1 Å². The first kappa shape index (κ1) is 12.9. The van der Waals surface area contributed by atoms with Gasteiger partial charge < -0.3 is 15.5 Å². The lowest BCUT2D eigenvalue weighted by molar-refractivity contribution is 0.0806. The van der Waals surface area contributed by atoms with Gasteiger partial charge in [0.1, 0.15) is 0 Å². The fraction of sp³-hybridized carbons (Fsp3) is 0.455. The second-order valence-electron chi connectivity index (χ2n) is 4.08. The molecule has 1 rings (SSSR count). The first-order valence-electron chi connectivity index (χ1n) is 4.92. The van der Waals surface area contributed by atoms with Crippen LogP contribution in [0, 0.1) is 17.0 Å². The van der Waals surface area contributed by atoms with Gasteiger partial charge in [0.05, 0.1) is 18.9 Å². The van der Waals surface area contributed by atoms with Crippen LogP contribution in [0.25, 0.3) is 0 Å². The van der Waals surface area contributed by atoms with Gasteiger partial charge in [0.25, 0.3) is 0 Å². The molecular formula is C11H15F2NO2. The monoisotopic (exact) mass is 231 g/mol. The van der Waals surface area contributed by atoms with Gasteiger partial charge in [-0.3, -0.25) is 0 Å². The van der Waals surface area contributed by atoms with Crippen LogP contribution in [-0.2, 0) is 0 Å². The van der Waals surface area contributed by atoms with Crippen LogP contribution in [0.3, 0.4) is 0 Å². The van der Waals surface area contributed by atoms with Crippen LogP contribution in [0.1, 0.15) is 6.92 Å². The van der Waals surface area contributed by atoms with E-state index in [0.29, 0.717) is 0 Å². The second kappa shape index (κ2) is 5.23. The molecule has 0 fully saturated rings. The first-order valence-corrected chi connectivity index (χ1v) is 4.92. The highest BCUT2D eigenvalue weighted by molar-refractivity contribution is 5.45. The quantitative estimate of drug-likeness (QED) is 0.717. The summed E-state index contributed by atoms with van der Waals surface area (Å²) in [5, 5.41) is 20.7. The van der Waals surface area contributed by atoms with Gasteiger partial charge in [-0.15, -0.1) is 0 Å². The Kier molecular flexibility index (Phi) is 4.20. The van der Waals surface area contributed by atoms with Gasteiger partial charge in [0, 0.05) is 12.0 Å². The predicted molar refractivity (Wildman–Crippen MR) is 57.1 cm³/mol. The van der Waals surface area contributed by atoms with Crippen molar-refractivity contribution in [3.63, 3.8) is 0 Å². The molecule has 0 atom stereocenters. The van der Waals surface area contributed by atoms with Crippen molar-refractivity contribution < 1.29 is 19.0 Å². The van der Waals surface area contributed by atoms with Gasteiger partial charge in [0.15, 0.2) is 11.6 Å². The number of rotatable bonds is 5. The van der Waals surface area contributed by atoms with Crippen LogP contribution >= 0.6 is 0 Å². The van der Waals surface area contributed by atoms with Gasteiger partial charge in [-0.2, -0.15) is 0 Å². The number of aliphatic hydroxyl groups excluding tert-OH is 2. The Balaban J connectivity index is 2.71. The van der Waals surface area contributed by atoms with Crippen LogP contribution in [0.15, 0.2) is 18.2 Å². The SMILES string of the molecule is CC(CO)(CO)CNc1cccc(F)c1F. The van der Waals surface area contributed by atoms with Crippen LogP contribution in [-0.4, -0.2) is 30.0 Å². The number of aliphatic hydroxyl groups is 2. The Morgan fingerprint density at radius 2 is 1.88 bits per heavy atom. The van der Waals surface area contributed by atoms with Gasteiger partial charge in [-0.05, 0) is 12.1 Å². The minimum Gasteiger partial charge on any atom is -0.396 e. The van der Waals surface area contributed by atoms with Crippen LogP contribution < -0.4 is 5.32 Å². The molecule has 16 heavy (non-hydrogen) atoms.